The van der Waals surface area contributed by atoms with Gasteiger partial charge in [0.05, 0.1) is 17.4 Å². The molecule has 0 bridgehead atoms. The molecular weight excluding hydrogens is 391 g/mol. The molecule has 1 aliphatic heterocycles. The largest absolute Gasteiger partial charge is 0.371 e. The Hall–Kier alpha value is -3.28. The van der Waals surface area contributed by atoms with Gasteiger partial charge >= 0.3 is 0 Å². The zero-order valence-electron chi connectivity index (χ0n) is 17.9. The number of pyridine rings is 2. The maximum Gasteiger partial charge on any atom is 0.251 e. The van der Waals surface area contributed by atoms with E-state index in [1.807, 2.05) is 37.4 Å². The van der Waals surface area contributed by atoms with Crippen molar-refractivity contribution in [3.63, 3.8) is 0 Å². The van der Waals surface area contributed by atoms with E-state index in [0.717, 1.165) is 48.4 Å². The smallest absolute Gasteiger partial charge is 0.251 e. The Kier molecular flexibility index (Phi) is 6.26. The molecule has 6 heteroatoms. The van der Waals surface area contributed by atoms with E-state index in [9.17, 15) is 9.18 Å². The molecule has 31 heavy (non-hydrogen) atoms. The fourth-order valence-electron chi connectivity index (χ4n) is 3.93. The van der Waals surface area contributed by atoms with Crippen LogP contribution in [0.3, 0.4) is 0 Å². The van der Waals surface area contributed by atoms with E-state index in [1.54, 1.807) is 6.92 Å². The molecule has 0 aliphatic carbocycles. The molecule has 160 valence electrons. The van der Waals surface area contributed by atoms with Crippen LogP contribution >= 0.6 is 0 Å². The number of nitrogens with one attached hydrogen (secondary N) is 1. The molecule has 1 aliphatic rings. The van der Waals surface area contributed by atoms with Gasteiger partial charge in [-0.1, -0.05) is 6.07 Å². The predicted molar refractivity (Wildman–Crippen MR) is 121 cm³/mol. The summed E-state index contributed by atoms with van der Waals surface area (Å²) in [6.07, 6.45) is 6.87. The van der Waals surface area contributed by atoms with Crippen molar-refractivity contribution in [1.82, 2.24) is 15.3 Å². The molecule has 2 aromatic heterocycles. The van der Waals surface area contributed by atoms with Gasteiger partial charge in [0.25, 0.3) is 5.91 Å². The molecule has 0 saturated carbocycles. The Labute approximate surface area is 182 Å². The maximum atomic E-state index is 14.1. The highest BCUT2D eigenvalue weighted by atomic mass is 19.1. The number of carbonyl (C=O) groups excluding carboxylic acids is 1. The standard InChI is InChI=1S/C25H27FN4O/c1-17-8-9-23(28-16-17)19-13-20(15-21(14-19)30-11-4-3-5-12-30)25(31)29-18(2)24-22(26)7-6-10-27-24/h6-10,13-16,18H,3-5,11-12H2,1-2H3,(H,29,31). The van der Waals surface area contributed by atoms with E-state index in [1.165, 1.54) is 24.8 Å². The third kappa shape index (κ3) is 4.90. The number of hydrogen-bond acceptors (Lipinski definition) is 4. The van der Waals surface area contributed by atoms with E-state index >= 15 is 0 Å². The van der Waals surface area contributed by atoms with E-state index in [0.29, 0.717) is 5.56 Å². The van der Waals surface area contributed by atoms with E-state index in [4.69, 9.17) is 0 Å². The highest BCUT2D eigenvalue weighted by Gasteiger charge is 2.19. The summed E-state index contributed by atoms with van der Waals surface area (Å²) in [7, 11) is 0. The molecule has 1 saturated heterocycles. The molecule has 0 radical (unpaired) electrons. The highest BCUT2D eigenvalue weighted by Crippen LogP contribution is 2.28. The van der Waals surface area contributed by atoms with Crippen molar-refractivity contribution in [2.24, 2.45) is 0 Å². The number of aryl methyl sites for hydroxylation is 1. The molecule has 0 spiro atoms. The van der Waals surface area contributed by atoms with Gasteiger partial charge in [0.1, 0.15) is 5.82 Å². The van der Waals surface area contributed by atoms with Crippen LogP contribution in [0.15, 0.2) is 54.9 Å². The van der Waals surface area contributed by atoms with Crippen LogP contribution in [-0.4, -0.2) is 29.0 Å². The molecule has 1 fully saturated rings. The van der Waals surface area contributed by atoms with Crippen molar-refractivity contribution in [2.45, 2.75) is 39.2 Å². The van der Waals surface area contributed by atoms with Gasteiger partial charge in [-0.25, -0.2) is 4.39 Å². The summed E-state index contributed by atoms with van der Waals surface area (Å²) >= 11 is 0. The highest BCUT2D eigenvalue weighted by molar-refractivity contribution is 5.97. The van der Waals surface area contributed by atoms with Crippen molar-refractivity contribution in [3.05, 3.63) is 77.5 Å². The quantitative estimate of drug-likeness (QED) is 0.628. The van der Waals surface area contributed by atoms with Gasteiger partial charge < -0.3 is 10.2 Å². The Morgan fingerprint density at radius 3 is 2.61 bits per heavy atom. The van der Waals surface area contributed by atoms with Crippen molar-refractivity contribution in [3.8, 4) is 11.3 Å². The van der Waals surface area contributed by atoms with Crippen LogP contribution in [0.25, 0.3) is 11.3 Å². The lowest BCUT2D eigenvalue weighted by Crippen LogP contribution is -2.31. The summed E-state index contributed by atoms with van der Waals surface area (Å²) in [6, 6.07) is 12.2. The normalized spacial score (nSPS) is 14.9. The second-order valence-electron chi connectivity index (χ2n) is 8.10. The SMILES string of the molecule is Cc1ccc(-c2cc(C(=O)NC(C)c3ncccc3F)cc(N3CCCCC3)c2)nc1. The Balaban J connectivity index is 1.66. The van der Waals surface area contributed by atoms with Crippen LogP contribution in [0.4, 0.5) is 10.1 Å². The summed E-state index contributed by atoms with van der Waals surface area (Å²) in [5.41, 5.74) is 4.57. The number of amides is 1. The van der Waals surface area contributed by atoms with Crippen LogP contribution in [0, 0.1) is 12.7 Å². The van der Waals surface area contributed by atoms with Crippen LogP contribution in [-0.2, 0) is 0 Å². The lowest BCUT2D eigenvalue weighted by Gasteiger charge is -2.29. The average Bonchev–Trinajstić information content (AvgIpc) is 2.80. The summed E-state index contributed by atoms with van der Waals surface area (Å²) < 4.78 is 14.1. The number of hydrogen-bond donors (Lipinski definition) is 1. The van der Waals surface area contributed by atoms with Crippen LogP contribution in [0.1, 0.15) is 53.8 Å². The number of nitrogens with zero attached hydrogens (tertiary/aromatic N) is 3. The topological polar surface area (TPSA) is 58.1 Å². The summed E-state index contributed by atoms with van der Waals surface area (Å²) in [5.74, 6) is -0.688. The minimum atomic E-state index is -0.548. The van der Waals surface area contributed by atoms with E-state index in [-0.39, 0.29) is 11.6 Å². The lowest BCUT2D eigenvalue weighted by molar-refractivity contribution is 0.0938. The van der Waals surface area contributed by atoms with Crippen molar-refractivity contribution in [1.29, 1.82) is 0 Å². The zero-order valence-corrected chi connectivity index (χ0v) is 17.9. The Morgan fingerprint density at radius 2 is 1.90 bits per heavy atom. The summed E-state index contributed by atoms with van der Waals surface area (Å²) in [4.78, 5) is 24.1. The number of benzene rings is 1. The molecule has 1 N–H and O–H groups in total. The summed E-state index contributed by atoms with van der Waals surface area (Å²) in [5, 5.41) is 2.89. The van der Waals surface area contributed by atoms with Gasteiger partial charge in [-0.3, -0.25) is 14.8 Å². The fourth-order valence-corrected chi connectivity index (χ4v) is 3.93. The Morgan fingerprint density at radius 1 is 1.10 bits per heavy atom. The number of carbonyl (C=O) groups is 1. The number of anilines is 1. The average molecular weight is 419 g/mol. The molecule has 1 aromatic carbocycles. The molecule has 3 heterocycles. The van der Waals surface area contributed by atoms with Gasteiger partial charge in [-0.15, -0.1) is 0 Å². The monoisotopic (exact) mass is 418 g/mol. The second kappa shape index (κ2) is 9.25. The maximum absolute atomic E-state index is 14.1. The number of piperidine rings is 1. The first kappa shape index (κ1) is 21.0. The lowest BCUT2D eigenvalue weighted by atomic mass is 10.0. The van der Waals surface area contributed by atoms with Crippen LogP contribution in [0.2, 0.25) is 0 Å². The van der Waals surface area contributed by atoms with Crippen molar-refractivity contribution >= 4 is 11.6 Å². The van der Waals surface area contributed by atoms with Gasteiger partial charge in [-0.2, -0.15) is 0 Å². The molecule has 4 rings (SSSR count). The first-order valence-electron chi connectivity index (χ1n) is 10.8. The number of halogens is 1. The minimum absolute atomic E-state index is 0.225. The van der Waals surface area contributed by atoms with Gasteiger partial charge in [-0.05, 0) is 75.1 Å². The van der Waals surface area contributed by atoms with Gasteiger partial charge in [0, 0.05) is 42.3 Å². The molecule has 1 atom stereocenters. The number of rotatable bonds is 5. The third-order valence-electron chi connectivity index (χ3n) is 5.65. The number of aromatic nitrogens is 2. The molecular formula is C25H27FN4O. The third-order valence-corrected chi connectivity index (χ3v) is 5.65. The molecule has 5 nitrogen and oxygen atoms in total. The van der Waals surface area contributed by atoms with Crippen molar-refractivity contribution < 1.29 is 9.18 Å². The first-order valence-corrected chi connectivity index (χ1v) is 10.8. The van der Waals surface area contributed by atoms with Crippen LogP contribution in [0.5, 0.6) is 0 Å². The first-order chi connectivity index (χ1) is 15.0. The van der Waals surface area contributed by atoms with E-state index < -0.39 is 11.9 Å². The van der Waals surface area contributed by atoms with Crippen LogP contribution < -0.4 is 10.2 Å². The fraction of sp³-hybridized carbons (Fsp3) is 0.320. The van der Waals surface area contributed by atoms with Gasteiger partial charge in [0.15, 0.2) is 0 Å². The second-order valence-corrected chi connectivity index (χ2v) is 8.10. The van der Waals surface area contributed by atoms with E-state index in [2.05, 4.69) is 26.3 Å². The Bertz CT molecular complexity index is 1060. The molecule has 1 amide bonds. The molecule has 1 unspecified atom stereocenters. The predicted octanol–water partition coefficient (Wildman–Crippen LogP) is 5.07. The minimum Gasteiger partial charge on any atom is -0.371 e. The van der Waals surface area contributed by atoms with Crippen molar-refractivity contribution in [2.75, 3.05) is 18.0 Å². The zero-order chi connectivity index (χ0) is 21.8. The van der Waals surface area contributed by atoms with Gasteiger partial charge in [0.2, 0.25) is 0 Å². The summed E-state index contributed by atoms with van der Waals surface area (Å²) in [6.45, 7) is 5.68. The molecule has 3 aromatic rings.